The zero-order valence-electron chi connectivity index (χ0n) is 9.06. The summed E-state index contributed by atoms with van der Waals surface area (Å²) >= 11 is 0. The van der Waals surface area contributed by atoms with Crippen molar-refractivity contribution in [2.45, 2.75) is 0 Å². The molecule has 84 valence electrons. The quantitative estimate of drug-likeness (QED) is 0.843. The van der Waals surface area contributed by atoms with Crippen molar-refractivity contribution in [2.24, 2.45) is 0 Å². The lowest BCUT2D eigenvalue weighted by Crippen LogP contribution is -2.13. The maximum absolute atomic E-state index is 10.8. The van der Waals surface area contributed by atoms with Crippen LogP contribution in [0.4, 0.5) is 0 Å². The van der Waals surface area contributed by atoms with Crippen molar-refractivity contribution >= 4 is 25.3 Å². The van der Waals surface area contributed by atoms with Gasteiger partial charge in [-0.3, -0.25) is 0 Å². The lowest BCUT2D eigenvalue weighted by atomic mass is 10.4. The summed E-state index contributed by atoms with van der Waals surface area (Å²) in [5.41, 5.74) is 0. The summed E-state index contributed by atoms with van der Waals surface area (Å²) in [6, 6.07) is 18.9. The van der Waals surface area contributed by atoms with E-state index in [0.29, 0.717) is 7.87 Å². The average molecular weight is 259 g/mol. The lowest BCUT2D eigenvalue weighted by Gasteiger charge is -2.18. The molecule has 2 rings (SSSR count). The Kier molecular flexibility index (Phi) is 3.77. The molecule has 0 heterocycles. The van der Waals surface area contributed by atoms with Crippen molar-refractivity contribution in [3.8, 4) is 5.81 Å². The van der Waals surface area contributed by atoms with E-state index in [9.17, 15) is 4.89 Å². The van der Waals surface area contributed by atoms with Gasteiger partial charge in [-0.1, -0.05) is 60.7 Å². The van der Waals surface area contributed by atoms with E-state index in [1.807, 2.05) is 60.7 Å². The van der Waals surface area contributed by atoms with Crippen molar-refractivity contribution in [3.05, 3.63) is 60.7 Å². The van der Waals surface area contributed by atoms with Crippen molar-refractivity contribution in [3.63, 3.8) is 0 Å². The van der Waals surface area contributed by atoms with Gasteiger partial charge < -0.3 is 4.89 Å². The third-order valence-corrected chi connectivity index (χ3v) is 7.36. The number of nitriles is 1. The van der Waals surface area contributed by atoms with Crippen LogP contribution in [0.25, 0.3) is 0 Å². The van der Waals surface area contributed by atoms with Gasteiger partial charge in [0.05, 0.1) is 6.78 Å². The standard InChI is InChI=1S/C13H11NOP2/c14-11-16-17(15,12-7-3-1-4-8-12)13-9-5-2-6-10-13/h1-10,15H. The summed E-state index contributed by atoms with van der Waals surface area (Å²) < 4.78 is 0. The topological polar surface area (TPSA) is 44.0 Å². The van der Waals surface area contributed by atoms with Gasteiger partial charge in [-0.05, 0) is 0 Å². The van der Waals surface area contributed by atoms with Gasteiger partial charge in [0.1, 0.15) is 5.81 Å². The number of hydrogen-bond acceptors (Lipinski definition) is 1. The van der Waals surface area contributed by atoms with E-state index in [1.54, 1.807) is 0 Å². The third-order valence-electron chi connectivity index (χ3n) is 2.42. The van der Waals surface area contributed by atoms with Crippen LogP contribution in [0.2, 0.25) is 0 Å². The molecule has 2 aromatic carbocycles. The van der Waals surface area contributed by atoms with E-state index in [0.717, 1.165) is 10.6 Å². The van der Waals surface area contributed by atoms with Crippen LogP contribution in [0.3, 0.4) is 0 Å². The Morgan fingerprint density at radius 1 is 0.882 bits per heavy atom. The van der Waals surface area contributed by atoms with E-state index in [4.69, 9.17) is 5.26 Å². The first-order valence-electron chi connectivity index (χ1n) is 5.12. The first-order chi connectivity index (χ1) is 8.27. The highest BCUT2D eigenvalue weighted by Crippen LogP contribution is 2.49. The van der Waals surface area contributed by atoms with Gasteiger partial charge in [-0.2, -0.15) is 5.26 Å². The number of benzene rings is 2. The van der Waals surface area contributed by atoms with Gasteiger partial charge in [0.25, 0.3) is 0 Å². The molecule has 0 aliphatic heterocycles. The first-order valence-corrected chi connectivity index (χ1v) is 8.46. The lowest BCUT2D eigenvalue weighted by molar-refractivity contribution is 0.642. The molecular formula is C13H11NOP2. The van der Waals surface area contributed by atoms with Crippen molar-refractivity contribution in [2.75, 3.05) is 0 Å². The van der Waals surface area contributed by atoms with Crippen molar-refractivity contribution in [1.82, 2.24) is 0 Å². The largest absolute Gasteiger partial charge is 0.362 e. The SMILES string of the molecule is N#CP=P(O)(c1ccccc1)c1ccccc1. The molecule has 0 unspecified atom stereocenters. The van der Waals surface area contributed by atoms with Crippen LogP contribution < -0.4 is 10.6 Å². The predicted octanol–water partition coefficient (Wildman–Crippen LogP) is 2.90. The number of rotatable bonds is 2. The Morgan fingerprint density at radius 3 is 1.65 bits per heavy atom. The van der Waals surface area contributed by atoms with Gasteiger partial charge in [-0.15, -0.1) is 0 Å². The minimum absolute atomic E-state index is 0.422. The zero-order chi connectivity index (χ0) is 12.1. The summed E-state index contributed by atoms with van der Waals surface area (Å²) in [6.45, 7) is -2.56. The molecule has 1 N–H and O–H groups in total. The molecule has 0 aromatic heterocycles. The Morgan fingerprint density at radius 2 is 1.29 bits per heavy atom. The van der Waals surface area contributed by atoms with E-state index >= 15 is 0 Å². The minimum Gasteiger partial charge on any atom is -0.362 e. The predicted molar refractivity (Wildman–Crippen MR) is 73.8 cm³/mol. The Balaban J connectivity index is 2.65. The highest BCUT2D eigenvalue weighted by atomic mass is 31.8. The molecular weight excluding hydrogens is 248 g/mol. The normalized spacial score (nSPS) is 11.1. The Labute approximate surface area is 102 Å². The van der Waals surface area contributed by atoms with Crippen molar-refractivity contribution in [1.29, 1.82) is 5.26 Å². The smallest absolute Gasteiger partial charge is 0.124 e. The Hall–Kier alpha value is -1.38. The summed E-state index contributed by atoms with van der Waals surface area (Å²) in [4.78, 5) is 10.8. The summed E-state index contributed by atoms with van der Waals surface area (Å²) in [7, 11) is 0.422. The van der Waals surface area contributed by atoms with Gasteiger partial charge in [-0.25, -0.2) is 0 Å². The third kappa shape index (κ3) is 2.48. The molecule has 17 heavy (non-hydrogen) atoms. The van der Waals surface area contributed by atoms with E-state index in [1.165, 1.54) is 0 Å². The molecule has 0 bridgehead atoms. The second kappa shape index (κ2) is 5.30. The van der Waals surface area contributed by atoms with Crippen LogP contribution in [-0.4, -0.2) is 4.89 Å². The second-order valence-electron chi connectivity index (χ2n) is 3.47. The first kappa shape index (κ1) is 12.1. The summed E-state index contributed by atoms with van der Waals surface area (Å²) in [5.74, 6) is 2.08. The molecule has 0 atom stereocenters. The second-order valence-corrected chi connectivity index (χ2v) is 8.44. The van der Waals surface area contributed by atoms with Crippen LogP contribution in [0.1, 0.15) is 0 Å². The molecule has 0 radical (unpaired) electrons. The van der Waals surface area contributed by atoms with Crippen LogP contribution in [0.5, 0.6) is 0 Å². The summed E-state index contributed by atoms with van der Waals surface area (Å²) in [5, 5.41) is 10.6. The fourth-order valence-corrected chi connectivity index (χ4v) is 5.32. The van der Waals surface area contributed by atoms with Crippen LogP contribution in [0.15, 0.2) is 60.7 Å². The monoisotopic (exact) mass is 259 g/mol. The molecule has 0 aliphatic rings. The number of nitrogens with zero attached hydrogens (tertiary/aromatic N) is 1. The van der Waals surface area contributed by atoms with Crippen LogP contribution >= 0.6 is 14.6 Å². The zero-order valence-corrected chi connectivity index (χ0v) is 10.9. The molecule has 0 saturated heterocycles. The fourth-order valence-electron chi connectivity index (χ4n) is 1.60. The highest BCUT2D eigenvalue weighted by Gasteiger charge is 2.19. The summed E-state index contributed by atoms with van der Waals surface area (Å²) in [6.07, 6.45) is 0. The number of hydrogen-bond donors (Lipinski definition) is 1. The van der Waals surface area contributed by atoms with Crippen LogP contribution in [-0.2, 0) is 0 Å². The van der Waals surface area contributed by atoms with E-state index < -0.39 is 6.78 Å². The maximum atomic E-state index is 10.8. The van der Waals surface area contributed by atoms with E-state index in [2.05, 4.69) is 5.81 Å². The molecule has 0 fully saturated rings. The molecule has 2 nitrogen and oxygen atoms in total. The van der Waals surface area contributed by atoms with Gasteiger partial charge >= 0.3 is 0 Å². The van der Waals surface area contributed by atoms with Crippen LogP contribution in [0, 0.1) is 11.1 Å². The minimum atomic E-state index is -2.56. The fraction of sp³-hybridized carbons (Fsp3) is 0. The van der Waals surface area contributed by atoms with Gasteiger partial charge in [0.2, 0.25) is 0 Å². The van der Waals surface area contributed by atoms with E-state index in [-0.39, 0.29) is 0 Å². The molecule has 0 amide bonds. The maximum Gasteiger partial charge on any atom is 0.124 e. The molecule has 0 aliphatic carbocycles. The molecule has 4 heteroatoms. The average Bonchev–Trinajstić information content (AvgIpc) is 2.41. The van der Waals surface area contributed by atoms with Gasteiger partial charge in [0, 0.05) is 18.5 Å². The highest BCUT2D eigenvalue weighted by molar-refractivity contribution is 8.11. The Bertz CT molecular complexity index is 544. The molecule has 0 saturated carbocycles. The van der Waals surface area contributed by atoms with Crippen molar-refractivity contribution < 1.29 is 4.89 Å². The van der Waals surface area contributed by atoms with Gasteiger partial charge in [0.15, 0.2) is 0 Å². The molecule has 0 spiro atoms. The molecule has 2 aromatic rings.